The molecule has 0 aromatic carbocycles. The normalized spacial score (nSPS) is 18.8. The Morgan fingerprint density at radius 3 is 3.20 bits per heavy atom. The number of piperidine rings is 1. The van der Waals surface area contributed by atoms with E-state index in [2.05, 4.69) is 22.3 Å². The molecule has 1 aromatic rings. The lowest BCUT2D eigenvalue weighted by Gasteiger charge is -2.22. The molecule has 1 aliphatic heterocycles. The molecule has 1 aliphatic rings. The second kappa shape index (κ2) is 7.45. The van der Waals surface area contributed by atoms with Crippen LogP contribution in [0.3, 0.4) is 0 Å². The van der Waals surface area contributed by atoms with Gasteiger partial charge in [0.15, 0.2) is 0 Å². The Hall–Kier alpha value is -1.33. The minimum Gasteiger partial charge on any atom is -0.382 e. The van der Waals surface area contributed by atoms with Crippen LogP contribution in [0, 0.1) is 5.92 Å². The summed E-state index contributed by atoms with van der Waals surface area (Å²) in [6.07, 6.45) is 6.80. The fourth-order valence-electron chi connectivity index (χ4n) is 2.42. The van der Waals surface area contributed by atoms with Crippen molar-refractivity contribution in [3.63, 3.8) is 0 Å². The first kappa shape index (κ1) is 15.1. The molecule has 6 heteroatoms. The molecular formula is C14H21ClN4O. The second-order valence-electron chi connectivity index (χ2n) is 5.08. The first-order valence-electron chi connectivity index (χ1n) is 7.03. The fourth-order valence-corrected chi connectivity index (χ4v) is 2.64. The Morgan fingerprint density at radius 2 is 2.50 bits per heavy atom. The van der Waals surface area contributed by atoms with Crippen LogP contribution in [0.15, 0.2) is 23.6 Å². The van der Waals surface area contributed by atoms with E-state index in [1.54, 1.807) is 12.3 Å². The van der Waals surface area contributed by atoms with E-state index >= 15 is 0 Å². The fraction of sp³-hybridized carbons (Fsp3) is 0.571. The predicted molar refractivity (Wildman–Crippen MR) is 82.4 cm³/mol. The molecule has 1 fully saturated rings. The Labute approximate surface area is 124 Å². The SMILES string of the molecule is C=CCn1ncc(NCCC2CCCNC2)c(Cl)c1=O. The highest BCUT2D eigenvalue weighted by Crippen LogP contribution is 2.17. The van der Waals surface area contributed by atoms with Gasteiger partial charge < -0.3 is 10.6 Å². The number of allylic oxidation sites excluding steroid dienone is 1. The Kier molecular flexibility index (Phi) is 5.61. The third-order valence-corrected chi connectivity index (χ3v) is 3.92. The number of rotatable bonds is 6. The molecule has 0 bridgehead atoms. The third kappa shape index (κ3) is 3.84. The van der Waals surface area contributed by atoms with Crippen LogP contribution in [0.4, 0.5) is 5.69 Å². The molecule has 0 amide bonds. The first-order chi connectivity index (χ1) is 9.72. The maximum atomic E-state index is 11.9. The Morgan fingerprint density at radius 1 is 1.65 bits per heavy atom. The molecule has 1 saturated heterocycles. The van der Waals surface area contributed by atoms with Crippen LogP contribution >= 0.6 is 11.6 Å². The quantitative estimate of drug-likeness (QED) is 0.787. The molecule has 1 atom stereocenters. The number of hydrogen-bond acceptors (Lipinski definition) is 4. The molecule has 0 radical (unpaired) electrons. The van der Waals surface area contributed by atoms with E-state index in [0.29, 0.717) is 18.2 Å². The van der Waals surface area contributed by atoms with E-state index in [0.717, 1.165) is 26.1 Å². The molecule has 0 aliphatic carbocycles. The van der Waals surface area contributed by atoms with Crippen molar-refractivity contribution in [2.24, 2.45) is 5.92 Å². The van der Waals surface area contributed by atoms with E-state index in [9.17, 15) is 4.79 Å². The van der Waals surface area contributed by atoms with Gasteiger partial charge >= 0.3 is 0 Å². The van der Waals surface area contributed by atoms with Gasteiger partial charge in [-0.25, -0.2) is 4.68 Å². The average Bonchev–Trinajstić information content (AvgIpc) is 2.48. The van der Waals surface area contributed by atoms with Gasteiger partial charge in [-0.3, -0.25) is 4.79 Å². The van der Waals surface area contributed by atoms with Crippen LogP contribution < -0.4 is 16.2 Å². The summed E-state index contributed by atoms with van der Waals surface area (Å²) in [5, 5.41) is 10.9. The summed E-state index contributed by atoms with van der Waals surface area (Å²) >= 11 is 6.07. The summed E-state index contributed by atoms with van der Waals surface area (Å²) in [6.45, 7) is 6.96. The molecule has 2 N–H and O–H groups in total. The summed E-state index contributed by atoms with van der Waals surface area (Å²) in [5.74, 6) is 0.698. The maximum absolute atomic E-state index is 11.9. The van der Waals surface area contributed by atoms with Crippen molar-refractivity contribution >= 4 is 17.3 Å². The average molecular weight is 297 g/mol. The van der Waals surface area contributed by atoms with Crippen molar-refractivity contribution in [2.45, 2.75) is 25.8 Å². The molecule has 5 nitrogen and oxygen atoms in total. The lowest BCUT2D eigenvalue weighted by Crippen LogP contribution is -2.31. The zero-order chi connectivity index (χ0) is 14.4. The van der Waals surface area contributed by atoms with Gasteiger partial charge in [0.1, 0.15) is 5.02 Å². The summed E-state index contributed by atoms with van der Waals surface area (Å²) in [6, 6.07) is 0. The van der Waals surface area contributed by atoms with Gasteiger partial charge in [-0.05, 0) is 38.3 Å². The molecule has 1 unspecified atom stereocenters. The van der Waals surface area contributed by atoms with E-state index < -0.39 is 0 Å². The zero-order valence-corrected chi connectivity index (χ0v) is 12.3. The van der Waals surface area contributed by atoms with Crippen LogP contribution in [0.2, 0.25) is 5.02 Å². The number of halogens is 1. The maximum Gasteiger partial charge on any atom is 0.287 e. The van der Waals surface area contributed by atoms with Crippen LogP contribution in [0.5, 0.6) is 0 Å². The van der Waals surface area contributed by atoms with Crippen LogP contribution in [-0.4, -0.2) is 29.4 Å². The minimum atomic E-state index is -0.282. The van der Waals surface area contributed by atoms with Gasteiger partial charge in [0.2, 0.25) is 0 Å². The van der Waals surface area contributed by atoms with Gasteiger partial charge in [-0.1, -0.05) is 17.7 Å². The van der Waals surface area contributed by atoms with E-state index in [4.69, 9.17) is 11.6 Å². The smallest absolute Gasteiger partial charge is 0.287 e. The van der Waals surface area contributed by atoms with Crippen molar-refractivity contribution in [1.82, 2.24) is 15.1 Å². The van der Waals surface area contributed by atoms with Gasteiger partial charge in [0.05, 0.1) is 18.4 Å². The first-order valence-corrected chi connectivity index (χ1v) is 7.41. The molecule has 1 aromatic heterocycles. The Bertz CT molecular complexity index is 508. The minimum absolute atomic E-state index is 0.198. The van der Waals surface area contributed by atoms with Crippen LogP contribution in [-0.2, 0) is 6.54 Å². The monoisotopic (exact) mass is 296 g/mol. The molecule has 0 saturated carbocycles. The predicted octanol–water partition coefficient (Wildman–Crippen LogP) is 1.88. The number of hydrogen-bond donors (Lipinski definition) is 2. The van der Waals surface area contributed by atoms with Gasteiger partial charge in [0.25, 0.3) is 5.56 Å². The lowest BCUT2D eigenvalue weighted by atomic mass is 9.96. The van der Waals surface area contributed by atoms with Crippen molar-refractivity contribution in [3.8, 4) is 0 Å². The topological polar surface area (TPSA) is 59.0 Å². The molecule has 2 heterocycles. The van der Waals surface area contributed by atoms with Crippen molar-refractivity contribution in [3.05, 3.63) is 34.2 Å². The van der Waals surface area contributed by atoms with Crippen molar-refractivity contribution < 1.29 is 0 Å². The highest BCUT2D eigenvalue weighted by molar-refractivity contribution is 6.32. The molecular weight excluding hydrogens is 276 g/mol. The Balaban J connectivity index is 1.91. The molecule has 20 heavy (non-hydrogen) atoms. The van der Waals surface area contributed by atoms with Gasteiger partial charge in [-0.2, -0.15) is 5.10 Å². The molecule has 2 rings (SSSR count). The van der Waals surface area contributed by atoms with E-state index in [-0.39, 0.29) is 10.6 Å². The van der Waals surface area contributed by atoms with Gasteiger partial charge in [-0.15, -0.1) is 6.58 Å². The number of aromatic nitrogens is 2. The summed E-state index contributed by atoms with van der Waals surface area (Å²) in [4.78, 5) is 11.9. The highest BCUT2D eigenvalue weighted by atomic mass is 35.5. The largest absolute Gasteiger partial charge is 0.382 e. The zero-order valence-electron chi connectivity index (χ0n) is 11.6. The number of anilines is 1. The molecule has 0 spiro atoms. The van der Waals surface area contributed by atoms with Gasteiger partial charge in [0, 0.05) is 6.54 Å². The van der Waals surface area contributed by atoms with E-state index in [1.807, 2.05) is 0 Å². The third-order valence-electron chi connectivity index (χ3n) is 3.55. The second-order valence-corrected chi connectivity index (χ2v) is 5.45. The summed E-state index contributed by atoms with van der Waals surface area (Å²) < 4.78 is 1.30. The van der Waals surface area contributed by atoms with Crippen LogP contribution in [0.25, 0.3) is 0 Å². The van der Waals surface area contributed by atoms with Crippen molar-refractivity contribution in [2.75, 3.05) is 25.0 Å². The van der Waals surface area contributed by atoms with Crippen molar-refractivity contribution in [1.29, 1.82) is 0 Å². The standard InChI is InChI=1S/C14H21ClN4O/c1-2-8-19-14(20)13(15)12(10-18-19)17-7-5-11-4-3-6-16-9-11/h2,10-11,16-17H,1,3-9H2. The number of nitrogens with zero attached hydrogens (tertiary/aromatic N) is 2. The highest BCUT2D eigenvalue weighted by Gasteiger charge is 2.13. The van der Waals surface area contributed by atoms with Crippen LogP contribution in [0.1, 0.15) is 19.3 Å². The lowest BCUT2D eigenvalue weighted by molar-refractivity contribution is 0.364. The molecule has 110 valence electrons. The van der Waals surface area contributed by atoms with E-state index in [1.165, 1.54) is 17.5 Å². The summed E-state index contributed by atoms with van der Waals surface area (Å²) in [5.41, 5.74) is 0.330. The summed E-state index contributed by atoms with van der Waals surface area (Å²) in [7, 11) is 0. The number of nitrogens with one attached hydrogen (secondary N) is 2.